The number of aryl methyl sites for hydroxylation is 1. The highest BCUT2D eigenvalue weighted by Crippen LogP contribution is 2.18. The van der Waals surface area contributed by atoms with E-state index in [0.717, 1.165) is 5.56 Å². The van der Waals surface area contributed by atoms with Crippen molar-refractivity contribution in [3.8, 4) is 0 Å². The number of carbonyl (C=O) groups excluding carboxylic acids is 1. The molecule has 1 aromatic carbocycles. The Morgan fingerprint density at radius 2 is 1.85 bits per heavy atom. The van der Waals surface area contributed by atoms with E-state index in [1.54, 1.807) is 23.1 Å². The van der Waals surface area contributed by atoms with Gasteiger partial charge in [-0.15, -0.1) is 0 Å². The fraction of sp³-hybridized carbons (Fsp3) is 0.500. The first kappa shape index (κ1) is 15.0. The smallest absolute Gasteiger partial charge is 0.243 e. The van der Waals surface area contributed by atoms with Crippen molar-refractivity contribution < 1.29 is 13.2 Å². The van der Waals surface area contributed by atoms with E-state index in [0.29, 0.717) is 37.5 Å². The molecule has 0 atom stereocenters. The molecule has 0 N–H and O–H groups in total. The van der Waals surface area contributed by atoms with Crippen molar-refractivity contribution >= 4 is 15.9 Å². The number of sulfonamides is 1. The normalized spacial score (nSPS) is 17.2. The van der Waals surface area contributed by atoms with Crippen LogP contribution in [0.2, 0.25) is 0 Å². The van der Waals surface area contributed by atoms with Crippen LogP contribution in [0.1, 0.15) is 18.9 Å². The molecule has 1 aromatic rings. The third kappa shape index (κ3) is 3.02. The highest BCUT2D eigenvalue weighted by atomic mass is 32.2. The number of rotatable bonds is 3. The van der Waals surface area contributed by atoms with Crippen molar-refractivity contribution in [2.45, 2.75) is 25.2 Å². The van der Waals surface area contributed by atoms with E-state index in [4.69, 9.17) is 0 Å². The van der Waals surface area contributed by atoms with Gasteiger partial charge in [0.15, 0.2) is 0 Å². The second-order valence-corrected chi connectivity index (χ2v) is 6.89. The third-order valence-electron chi connectivity index (χ3n) is 3.52. The molecule has 0 aromatic heterocycles. The summed E-state index contributed by atoms with van der Waals surface area (Å²) in [5.41, 5.74) is 0.922. The van der Waals surface area contributed by atoms with Gasteiger partial charge in [-0.2, -0.15) is 4.31 Å². The van der Waals surface area contributed by atoms with E-state index in [1.165, 1.54) is 4.31 Å². The maximum atomic E-state index is 12.5. The minimum absolute atomic E-state index is 0.0811. The number of amides is 1. The summed E-state index contributed by atoms with van der Waals surface area (Å²) >= 11 is 0. The fourth-order valence-corrected chi connectivity index (χ4v) is 3.85. The fourth-order valence-electron chi connectivity index (χ4n) is 2.33. The molecule has 110 valence electrons. The molecule has 1 fully saturated rings. The van der Waals surface area contributed by atoms with Gasteiger partial charge in [-0.25, -0.2) is 8.42 Å². The largest absolute Gasteiger partial charge is 0.340 e. The van der Waals surface area contributed by atoms with Crippen molar-refractivity contribution in [2.24, 2.45) is 0 Å². The Balaban J connectivity index is 2.11. The predicted octanol–water partition coefficient (Wildman–Crippen LogP) is 1.24. The SMILES string of the molecule is CCC(=O)N1CCN(S(=O)(=O)c2cccc(C)c2)CC1. The molecule has 20 heavy (non-hydrogen) atoms. The van der Waals surface area contributed by atoms with Crippen LogP contribution < -0.4 is 0 Å². The minimum Gasteiger partial charge on any atom is -0.340 e. The lowest BCUT2D eigenvalue weighted by Gasteiger charge is -2.33. The van der Waals surface area contributed by atoms with Crippen molar-refractivity contribution in [3.63, 3.8) is 0 Å². The zero-order valence-electron chi connectivity index (χ0n) is 11.9. The Hall–Kier alpha value is -1.40. The van der Waals surface area contributed by atoms with Gasteiger partial charge in [0.25, 0.3) is 0 Å². The molecule has 0 radical (unpaired) electrons. The van der Waals surface area contributed by atoms with Crippen LogP contribution >= 0.6 is 0 Å². The summed E-state index contributed by atoms with van der Waals surface area (Å²) in [4.78, 5) is 13.6. The molecular weight excluding hydrogens is 276 g/mol. The summed E-state index contributed by atoms with van der Waals surface area (Å²) in [6, 6.07) is 6.92. The van der Waals surface area contributed by atoms with Crippen LogP contribution in [0.15, 0.2) is 29.2 Å². The number of carbonyl (C=O) groups is 1. The van der Waals surface area contributed by atoms with Crippen molar-refractivity contribution in [3.05, 3.63) is 29.8 Å². The monoisotopic (exact) mass is 296 g/mol. The van der Waals surface area contributed by atoms with Gasteiger partial charge in [0, 0.05) is 32.6 Å². The molecule has 0 spiro atoms. The van der Waals surface area contributed by atoms with Gasteiger partial charge in [-0.3, -0.25) is 4.79 Å². The first-order valence-corrected chi connectivity index (χ1v) is 8.23. The summed E-state index contributed by atoms with van der Waals surface area (Å²) in [6.07, 6.45) is 0.463. The third-order valence-corrected chi connectivity index (χ3v) is 5.42. The van der Waals surface area contributed by atoms with Gasteiger partial charge in [-0.1, -0.05) is 19.1 Å². The van der Waals surface area contributed by atoms with Gasteiger partial charge in [0.05, 0.1) is 4.90 Å². The van der Waals surface area contributed by atoms with E-state index >= 15 is 0 Å². The molecule has 1 heterocycles. The van der Waals surface area contributed by atoms with E-state index in [9.17, 15) is 13.2 Å². The molecule has 2 rings (SSSR count). The van der Waals surface area contributed by atoms with Gasteiger partial charge in [0.2, 0.25) is 15.9 Å². The Kier molecular flexibility index (Phi) is 4.45. The van der Waals surface area contributed by atoms with E-state index in [1.807, 2.05) is 19.9 Å². The Labute approximate surface area is 120 Å². The standard InChI is InChI=1S/C14H20N2O3S/c1-3-14(17)15-7-9-16(10-8-15)20(18,19)13-6-4-5-12(2)11-13/h4-6,11H,3,7-10H2,1-2H3. The maximum absolute atomic E-state index is 12.5. The summed E-state index contributed by atoms with van der Waals surface area (Å²) in [5, 5.41) is 0. The predicted molar refractivity (Wildman–Crippen MR) is 76.8 cm³/mol. The quantitative estimate of drug-likeness (QED) is 0.843. The van der Waals surface area contributed by atoms with Crippen LogP contribution in [-0.4, -0.2) is 49.7 Å². The van der Waals surface area contributed by atoms with Crippen LogP contribution in [0.25, 0.3) is 0 Å². The van der Waals surface area contributed by atoms with E-state index in [2.05, 4.69) is 0 Å². The van der Waals surface area contributed by atoms with Gasteiger partial charge in [0.1, 0.15) is 0 Å². The molecule has 0 aliphatic carbocycles. The van der Waals surface area contributed by atoms with Gasteiger partial charge < -0.3 is 4.90 Å². The van der Waals surface area contributed by atoms with Crippen LogP contribution in [0.4, 0.5) is 0 Å². The van der Waals surface area contributed by atoms with Crippen LogP contribution in [0.3, 0.4) is 0 Å². The number of piperazine rings is 1. The zero-order valence-corrected chi connectivity index (χ0v) is 12.7. The Morgan fingerprint density at radius 3 is 2.40 bits per heavy atom. The lowest BCUT2D eigenvalue weighted by molar-refractivity contribution is -0.132. The van der Waals surface area contributed by atoms with Crippen molar-refractivity contribution in [1.82, 2.24) is 9.21 Å². The molecular formula is C14H20N2O3S. The Morgan fingerprint density at radius 1 is 1.20 bits per heavy atom. The molecule has 1 aliphatic heterocycles. The summed E-state index contributed by atoms with van der Waals surface area (Å²) in [7, 11) is -3.45. The average molecular weight is 296 g/mol. The summed E-state index contributed by atoms with van der Waals surface area (Å²) in [6.45, 7) is 5.36. The number of hydrogen-bond donors (Lipinski definition) is 0. The second-order valence-electron chi connectivity index (χ2n) is 4.95. The molecule has 6 heteroatoms. The lowest BCUT2D eigenvalue weighted by atomic mass is 10.2. The first-order chi connectivity index (χ1) is 9.45. The van der Waals surface area contributed by atoms with Crippen LogP contribution in [0.5, 0.6) is 0 Å². The maximum Gasteiger partial charge on any atom is 0.243 e. The molecule has 1 aliphatic rings. The van der Waals surface area contributed by atoms with Crippen molar-refractivity contribution in [1.29, 1.82) is 0 Å². The Bertz CT molecular complexity index is 590. The van der Waals surface area contributed by atoms with Gasteiger partial charge in [-0.05, 0) is 24.6 Å². The highest BCUT2D eigenvalue weighted by Gasteiger charge is 2.29. The molecule has 5 nitrogen and oxygen atoms in total. The lowest BCUT2D eigenvalue weighted by Crippen LogP contribution is -2.50. The number of benzene rings is 1. The second kappa shape index (κ2) is 5.93. The molecule has 0 saturated carbocycles. The van der Waals surface area contributed by atoms with E-state index in [-0.39, 0.29) is 5.91 Å². The highest BCUT2D eigenvalue weighted by molar-refractivity contribution is 7.89. The van der Waals surface area contributed by atoms with Crippen LogP contribution in [0, 0.1) is 6.92 Å². The number of hydrogen-bond acceptors (Lipinski definition) is 3. The summed E-state index contributed by atoms with van der Waals surface area (Å²) < 4.78 is 26.5. The first-order valence-electron chi connectivity index (χ1n) is 6.79. The van der Waals surface area contributed by atoms with Crippen molar-refractivity contribution in [2.75, 3.05) is 26.2 Å². The minimum atomic E-state index is -3.45. The topological polar surface area (TPSA) is 57.7 Å². The summed E-state index contributed by atoms with van der Waals surface area (Å²) in [5.74, 6) is 0.0811. The average Bonchev–Trinajstić information content (AvgIpc) is 2.46. The van der Waals surface area contributed by atoms with E-state index < -0.39 is 10.0 Å². The number of nitrogens with zero attached hydrogens (tertiary/aromatic N) is 2. The zero-order chi connectivity index (χ0) is 14.8. The molecule has 1 amide bonds. The van der Waals surface area contributed by atoms with Gasteiger partial charge >= 0.3 is 0 Å². The molecule has 0 unspecified atom stereocenters. The molecule has 0 bridgehead atoms. The molecule has 1 saturated heterocycles. The van der Waals surface area contributed by atoms with Crippen LogP contribution in [-0.2, 0) is 14.8 Å².